The lowest BCUT2D eigenvalue weighted by Gasteiger charge is -2.16. The van der Waals surface area contributed by atoms with Crippen molar-refractivity contribution in [3.63, 3.8) is 0 Å². The predicted octanol–water partition coefficient (Wildman–Crippen LogP) is 3.13. The van der Waals surface area contributed by atoms with Crippen LogP contribution in [0.3, 0.4) is 0 Å². The average Bonchev–Trinajstić information content (AvgIpc) is 3.09. The second kappa shape index (κ2) is 7.82. The van der Waals surface area contributed by atoms with Gasteiger partial charge in [-0.3, -0.25) is 9.78 Å². The highest BCUT2D eigenvalue weighted by atomic mass is 16.3. The van der Waals surface area contributed by atoms with Crippen molar-refractivity contribution in [1.29, 1.82) is 0 Å². The van der Waals surface area contributed by atoms with E-state index in [-0.39, 0.29) is 17.6 Å². The monoisotopic (exact) mass is 374 g/mol. The molecule has 1 aromatic heterocycles. The van der Waals surface area contributed by atoms with Crippen LogP contribution >= 0.6 is 0 Å². The van der Waals surface area contributed by atoms with Crippen molar-refractivity contribution in [2.45, 2.75) is 12.5 Å². The Morgan fingerprint density at radius 2 is 1.54 bits per heavy atom. The lowest BCUT2D eigenvalue weighted by molar-refractivity contribution is 0.0764. The van der Waals surface area contributed by atoms with Gasteiger partial charge in [0.15, 0.2) is 0 Å². The molecule has 2 heterocycles. The zero-order chi connectivity index (χ0) is 19.5. The Kier molecular flexibility index (Phi) is 5.08. The summed E-state index contributed by atoms with van der Waals surface area (Å²) >= 11 is 0. The Hall–Kier alpha value is -3.18. The summed E-state index contributed by atoms with van der Waals surface area (Å²) in [6.45, 7) is 0.899. The first-order valence-electron chi connectivity index (χ1n) is 9.36. The van der Waals surface area contributed by atoms with Crippen LogP contribution in [0.4, 0.5) is 0 Å². The molecule has 4 rings (SSSR count). The van der Waals surface area contributed by atoms with Crippen molar-refractivity contribution in [2.75, 3.05) is 13.1 Å². The molecule has 2 atom stereocenters. The molecule has 0 radical (unpaired) electrons. The number of hydrogen-bond acceptors (Lipinski definition) is 4. The number of aliphatic hydroxyl groups is 1. The number of pyridine rings is 1. The minimum absolute atomic E-state index is 0.0302. The van der Waals surface area contributed by atoms with Gasteiger partial charge < -0.3 is 15.1 Å². The summed E-state index contributed by atoms with van der Waals surface area (Å²) in [4.78, 5) is 18.6. The normalized spacial score (nSPS) is 19.0. The summed E-state index contributed by atoms with van der Waals surface area (Å²) in [7, 11) is 0. The molecule has 1 saturated heterocycles. The molecule has 1 aliphatic rings. The van der Waals surface area contributed by atoms with E-state index < -0.39 is 6.10 Å². The number of phenols is 1. The van der Waals surface area contributed by atoms with Gasteiger partial charge in [0.1, 0.15) is 5.75 Å². The summed E-state index contributed by atoms with van der Waals surface area (Å²) in [5.74, 6) is 0.195. The number of likely N-dealkylation sites (tertiary alicyclic amines) is 1. The molecule has 2 aromatic carbocycles. The number of benzene rings is 2. The number of carbonyl (C=O) groups excluding carboxylic acids is 1. The zero-order valence-corrected chi connectivity index (χ0v) is 15.4. The molecule has 142 valence electrons. The van der Waals surface area contributed by atoms with Gasteiger partial charge in [-0.05, 0) is 59.5 Å². The maximum absolute atomic E-state index is 12.9. The molecule has 0 saturated carbocycles. The SMILES string of the molecule is O=C(c1ccc(-c2ccc(O)cc2)cc1)N1C[C@@H](Cc2ccncc2)[C@H](O)C1. The first kappa shape index (κ1) is 18.2. The van der Waals surface area contributed by atoms with E-state index in [1.54, 1.807) is 29.4 Å². The lowest BCUT2D eigenvalue weighted by atomic mass is 9.97. The number of aromatic hydroxyl groups is 1. The molecule has 0 bridgehead atoms. The summed E-state index contributed by atoms with van der Waals surface area (Å²) < 4.78 is 0. The maximum atomic E-state index is 12.9. The van der Waals surface area contributed by atoms with Crippen molar-refractivity contribution in [1.82, 2.24) is 9.88 Å². The molecule has 2 N–H and O–H groups in total. The predicted molar refractivity (Wildman–Crippen MR) is 107 cm³/mol. The number of rotatable bonds is 4. The van der Waals surface area contributed by atoms with Crippen molar-refractivity contribution in [3.05, 3.63) is 84.2 Å². The number of amides is 1. The first-order valence-corrected chi connectivity index (χ1v) is 9.36. The van der Waals surface area contributed by atoms with Gasteiger partial charge in [-0.15, -0.1) is 0 Å². The van der Waals surface area contributed by atoms with Gasteiger partial charge >= 0.3 is 0 Å². The van der Waals surface area contributed by atoms with E-state index in [0.29, 0.717) is 18.7 Å². The van der Waals surface area contributed by atoms with Crippen LogP contribution in [0.25, 0.3) is 11.1 Å². The van der Waals surface area contributed by atoms with E-state index in [2.05, 4.69) is 4.98 Å². The molecule has 5 nitrogen and oxygen atoms in total. The fourth-order valence-electron chi connectivity index (χ4n) is 3.68. The van der Waals surface area contributed by atoms with Crippen LogP contribution in [-0.4, -0.2) is 45.2 Å². The van der Waals surface area contributed by atoms with Crippen LogP contribution in [0.1, 0.15) is 15.9 Å². The van der Waals surface area contributed by atoms with Crippen molar-refractivity contribution >= 4 is 5.91 Å². The van der Waals surface area contributed by atoms with Gasteiger partial charge in [0.05, 0.1) is 6.10 Å². The number of β-amino-alcohol motifs (C(OH)–C–C–N with tert-alkyl or cyclic N) is 1. The van der Waals surface area contributed by atoms with Gasteiger partial charge in [0, 0.05) is 37.0 Å². The van der Waals surface area contributed by atoms with Crippen LogP contribution in [0, 0.1) is 5.92 Å². The number of aromatic nitrogens is 1. The average molecular weight is 374 g/mol. The van der Waals surface area contributed by atoms with Crippen LogP contribution < -0.4 is 0 Å². The Bertz CT molecular complexity index is 940. The van der Waals surface area contributed by atoms with Gasteiger partial charge in [-0.25, -0.2) is 0 Å². The second-order valence-electron chi connectivity index (χ2n) is 7.22. The Morgan fingerprint density at radius 3 is 2.18 bits per heavy atom. The smallest absolute Gasteiger partial charge is 0.253 e. The Morgan fingerprint density at radius 1 is 0.929 bits per heavy atom. The molecule has 1 amide bonds. The molecule has 5 heteroatoms. The number of phenolic OH excluding ortho intramolecular Hbond substituents is 1. The third-order valence-electron chi connectivity index (χ3n) is 5.27. The number of nitrogens with zero attached hydrogens (tertiary/aromatic N) is 2. The minimum Gasteiger partial charge on any atom is -0.508 e. The quantitative estimate of drug-likeness (QED) is 0.736. The molecule has 1 aliphatic heterocycles. The highest BCUT2D eigenvalue weighted by Crippen LogP contribution is 2.25. The van der Waals surface area contributed by atoms with E-state index >= 15 is 0 Å². The Balaban J connectivity index is 1.43. The number of aliphatic hydroxyl groups excluding tert-OH is 1. The number of carbonyl (C=O) groups is 1. The molecule has 28 heavy (non-hydrogen) atoms. The molecular weight excluding hydrogens is 352 g/mol. The van der Waals surface area contributed by atoms with E-state index in [0.717, 1.165) is 23.1 Å². The zero-order valence-electron chi connectivity index (χ0n) is 15.4. The largest absolute Gasteiger partial charge is 0.508 e. The van der Waals surface area contributed by atoms with Gasteiger partial charge in [0.2, 0.25) is 0 Å². The fraction of sp³-hybridized carbons (Fsp3) is 0.217. The molecule has 3 aromatic rings. The van der Waals surface area contributed by atoms with Gasteiger partial charge in [0.25, 0.3) is 5.91 Å². The van der Waals surface area contributed by atoms with E-state index in [9.17, 15) is 15.0 Å². The summed E-state index contributed by atoms with van der Waals surface area (Å²) in [6.07, 6.45) is 3.70. The van der Waals surface area contributed by atoms with Crippen LogP contribution in [0.15, 0.2) is 73.1 Å². The van der Waals surface area contributed by atoms with Crippen molar-refractivity contribution in [3.8, 4) is 16.9 Å². The molecule has 0 unspecified atom stereocenters. The van der Waals surface area contributed by atoms with Crippen LogP contribution in [0.2, 0.25) is 0 Å². The number of hydrogen-bond donors (Lipinski definition) is 2. The highest BCUT2D eigenvalue weighted by Gasteiger charge is 2.34. The van der Waals surface area contributed by atoms with Crippen LogP contribution in [-0.2, 0) is 6.42 Å². The fourth-order valence-corrected chi connectivity index (χ4v) is 3.68. The van der Waals surface area contributed by atoms with E-state index in [4.69, 9.17) is 0 Å². The summed E-state index contributed by atoms with van der Waals surface area (Å²) in [5, 5.41) is 19.8. The van der Waals surface area contributed by atoms with E-state index in [1.807, 2.05) is 48.5 Å². The second-order valence-corrected chi connectivity index (χ2v) is 7.22. The van der Waals surface area contributed by atoms with Crippen molar-refractivity contribution in [2.24, 2.45) is 5.92 Å². The van der Waals surface area contributed by atoms with Gasteiger partial charge in [-0.2, -0.15) is 0 Å². The third-order valence-corrected chi connectivity index (χ3v) is 5.27. The molecule has 1 fully saturated rings. The molecule has 0 spiro atoms. The minimum atomic E-state index is -0.520. The highest BCUT2D eigenvalue weighted by molar-refractivity contribution is 5.95. The Labute approximate surface area is 163 Å². The van der Waals surface area contributed by atoms with Crippen molar-refractivity contribution < 1.29 is 15.0 Å². The lowest BCUT2D eigenvalue weighted by Crippen LogP contribution is -2.29. The molecular formula is C23H22N2O3. The van der Waals surface area contributed by atoms with E-state index in [1.165, 1.54) is 0 Å². The topological polar surface area (TPSA) is 73.7 Å². The molecule has 0 aliphatic carbocycles. The van der Waals surface area contributed by atoms with Gasteiger partial charge in [-0.1, -0.05) is 24.3 Å². The summed E-state index contributed by atoms with van der Waals surface area (Å²) in [5.41, 5.74) is 3.69. The standard InChI is InChI=1S/C23H22N2O3/c26-21-7-5-18(6-8-21)17-1-3-19(4-2-17)23(28)25-14-20(22(27)15-25)13-16-9-11-24-12-10-16/h1-12,20,22,26-27H,13-15H2/t20-,22-/m1/s1. The first-order chi connectivity index (χ1) is 13.6. The van der Waals surface area contributed by atoms with Crippen LogP contribution in [0.5, 0.6) is 5.75 Å². The maximum Gasteiger partial charge on any atom is 0.253 e. The summed E-state index contributed by atoms with van der Waals surface area (Å²) in [6, 6.07) is 18.3. The third kappa shape index (κ3) is 3.89.